The van der Waals surface area contributed by atoms with Crippen molar-refractivity contribution in [3.63, 3.8) is 0 Å². The van der Waals surface area contributed by atoms with E-state index >= 15 is 4.39 Å². The van der Waals surface area contributed by atoms with Crippen LogP contribution in [0.5, 0.6) is 0 Å². The minimum Gasteiger partial charge on any atom is -0.391 e. The van der Waals surface area contributed by atoms with Crippen LogP contribution in [0.3, 0.4) is 0 Å². The number of likely N-dealkylation sites (tertiary alicyclic amines) is 1. The zero-order valence-corrected chi connectivity index (χ0v) is 45.8. The highest BCUT2D eigenvalue weighted by Crippen LogP contribution is 2.42. The van der Waals surface area contributed by atoms with Crippen molar-refractivity contribution in [2.24, 2.45) is 5.41 Å². The lowest BCUT2D eigenvalue weighted by Crippen LogP contribution is -2.58. The van der Waals surface area contributed by atoms with Crippen LogP contribution < -0.4 is 20.7 Å². The topological polar surface area (TPSA) is 227 Å². The molecule has 6 aromatic rings. The minimum absolute atomic E-state index is 0.0449. The molecule has 406 valence electrons. The molecule has 0 unspecified atom stereocenters. The molecule has 3 amide bonds. The highest BCUT2D eigenvalue weighted by molar-refractivity contribution is 7.92. The maximum atomic E-state index is 16.3. The normalized spacial score (nSPS) is 15.8. The zero-order chi connectivity index (χ0) is 55.1. The van der Waals surface area contributed by atoms with Crippen LogP contribution in [0.1, 0.15) is 83.6 Å². The van der Waals surface area contributed by atoms with Crippen LogP contribution >= 0.6 is 22.7 Å². The summed E-state index contributed by atoms with van der Waals surface area (Å²) in [7, 11) is -4.88. The molecule has 23 heteroatoms. The number of aliphatic hydroxyl groups is 1. The van der Waals surface area contributed by atoms with E-state index in [-0.39, 0.29) is 75.6 Å². The number of sulfonamides is 1. The van der Waals surface area contributed by atoms with Gasteiger partial charge in [0.25, 0.3) is 10.0 Å². The van der Waals surface area contributed by atoms with Gasteiger partial charge in [0.1, 0.15) is 23.7 Å². The van der Waals surface area contributed by atoms with Gasteiger partial charge in [0.05, 0.1) is 81.6 Å². The molecule has 0 saturated carbocycles. The van der Waals surface area contributed by atoms with E-state index in [4.69, 9.17) is 14.5 Å². The van der Waals surface area contributed by atoms with Gasteiger partial charge in [-0.25, -0.2) is 41.5 Å². The summed E-state index contributed by atoms with van der Waals surface area (Å²) >= 11 is 2.83. The number of hydrogen-bond acceptors (Lipinski definition) is 15. The number of hydrogen-bond donors (Lipinski definition) is 5. The smallest absolute Gasteiger partial charge is 0.267 e. The van der Waals surface area contributed by atoms with Crippen LogP contribution in [-0.4, -0.2) is 114 Å². The number of carbonyl (C=O) groups excluding carboxylic acids is 3. The molecule has 5 N–H and O–H groups in total. The summed E-state index contributed by atoms with van der Waals surface area (Å²) in [5.74, 6) is -4.74. The molecule has 0 radical (unpaired) electrons. The fraction of sp³-hybridized carbons (Fsp3) is 0.415. The van der Waals surface area contributed by atoms with Gasteiger partial charge in [-0.3, -0.25) is 19.1 Å². The number of halogens is 3. The van der Waals surface area contributed by atoms with Crippen molar-refractivity contribution in [2.75, 3.05) is 49.6 Å². The summed E-state index contributed by atoms with van der Waals surface area (Å²) in [4.78, 5) is 60.7. The van der Waals surface area contributed by atoms with Crippen molar-refractivity contribution in [3.8, 4) is 32.3 Å². The Bertz CT molecular complexity index is 3120. The number of benzene rings is 3. The van der Waals surface area contributed by atoms with Crippen molar-refractivity contribution in [1.29, 1.82) is 0 Å². The summed E-state index contributed by atoms with van der Waals surface area (Å²) in [5, 5.41) is 20.2. The van der Waals surface area contributed by atoms with Crippen LogP contribution in [0, 0.1) is 29.8 Å². The van der Waals surface area contributed by atoms with Crippen LogP contribution in [0.15, 0.2) is 83.3 Å². The average molecular weight is 1110 g/mol. The number of aromatic nitrogens is 4. The number of aliphatic hydroxyl groups excluding tert-OH is 1. The van der Waals surface area contributed by atoms with Crippen molar-refractivity contribution in [2.45, 2.75) is 103 Å². The minimum atomic E-state index is -4.88. The first-order chi connectivity index (χ1) is 35.9. The standard InChI is InChI=1S/C53H62F3N9O8S3/c1-30(32-15-17-33(18-16-32)44-31(2)59-29-74-44)60-48(68)40-27-34(66)28-65(40)49(69)47(52(3,4)5)62-41(67)20-23-72-25-26-73-24-22-58-51-57-21-19-39(61-51)45-43(63-50(75-45)53(6,7)8)35-11-9-14-38(42(35)56)64-76(70,71)46-36(54)12-10-13-37(46)55/h9-19,21,29-30,34,40,47,64,66H,20,22-28H2,1-8H3,(H,60,68)(H,62,67)(H,57,58,61)/t30-,34+,40-,47+/m0/s1. The summed E-state index contributed by atoms with van der Waals surface area (Å²) < 4.78 is 84.7. The van der Waals surface area contributed by atoms with E-state index < -0.39 is 84.8 Å². The van der Waals surface area contributed by atoms with Crippen molar-refractivity contribution < 1.29 is 50.6 Å². The molecule has 0 spiro atoms. The van der Waals surface area contributed by atoms with Crippen molar-refractivity contribution >= 4 is 62.1 Å². The fourth-order valence-electron chi connectivity index (χ4n) is 8.27. The Morgan fingerprint density at radius 3 is 2.21 bits per heavy atom. The predicted octanol–water partition coefficient (Wildman–Crippen LogP) is 8.42. The number of amides is 3. The first kappa shape index (κ1) is 57.3. The Morgan fingerprint density at radius 1 is 0.868 bits per heavy atom. The Labute approximate surface area is 448 Å². The molecular weight excluding hydrogens is 1040 g/mol. The first-order valence-corrected chi connectivity index (χ1v) is 27.7. The van der Waals surface area contributed by atoms with E-state index in [1.807, 2.05) is 84.4 Å². The molecule has 1 saturated heterocycles. The monoisotopic (exact) mass is 1110 g/mol. The SMILES string of the molecule is Cc1ncsc1-c1ccc([C@H](C)NC(=O)[C@@H]2C[C@@H](O)CN2C(=O)[C@@H](NC(=O)CCOCCOCCNc2nccc(-c3sc(C(C)(C)C)nc3-c3cccc(NS(=O)(=O)c4c(F)cccc4F)c3F)n2)C(C)(C)C)cc1. The number of nitrogens with zero attached hydrogens (tertiary/aromatic N) is 5. The fourth-order valence-corrected chi connectivity index (χ4v) is 11.4. The summed E-state index contributed by atoms with van der Waals surface area (Å²) in [6.07, 6.45) is 0.613. The van der Waals surface area contributed by atoms with Crippen LogP contribution in [0.4, 0.5) is 24.8 Å². The zero-order valence-electron chi connectivity index (χ0n) is 43.4. The lowest BCUT2D eigenvalue weighted by atomic mass is 9.85. The number of rotatable bonds is 21. The van der Waals surface area contributed by atoms with Gasteiger partial charge in [0.2, 0.25) is 23.7 Å². The molecule has 4 atom stereocenters. The number of aryl methyl sites for hydroxylation is 1. The van der Waals surface area contributed by atoms with E-state index in [0.717, 1.165) is 46.0 Å². The molecule has 1 aliphatic rings. The third-order valence-corrected chi connectivity index (χ3v) is 16.2. The third kappa shape index (κ3) is 14.0. The van der Waals surface area contributed by atoms with Gasteiger partial charge in [0, 0.05) is 43.1 Å². The molecule has 3 aromatic carbocycles. The Balaban J connectivity index is 0.874. The van der Waals surface area contributed by atoms with Crippen LogP contribution in [0.2, 0.25) is 0 Å². The Morgan fingerprint density at radius 2 is 1.55 bits per heavy atom. The van der Waals surface area contributed by atoms with Crippen molar-refractivity contribution in [1.82, 2.24) is 35.5 Å². The Kier molecular flexibility index (Phi) is 18.3. The molecule has 0 aliphatic carbocycles. The second-order valence-electron chi connectivity index (χ2n) is 20.3. The molecule has 4 heterocycles. The Hall–Kier alpha value is -6.37. The summed E-state index contributed by atoms with van der Waals surface area (Å²) in [6.45, 7) is 15.9. The number of thiazole rings is 2. The van der Waals surface area contributed by atoms with Gasteiger partial charge in [0.15, 0.2) is 10.7 Å². The third-order valence-electron chi connectivity index (χ3n) is 12.3. The van der Waals surface area contributed by atoms with Gasteiger partial charge >= 0.3 is 0 Å². The summed E-state index contributed by atoms with van der Waals surface area (Å²) in [5.41, 5.74) is 3.37. The number of nitrogens with one attached hydrogen (secondary N) is 4. The molecule has 17 nitrogen and oxygen atoms in total. The molecule has 1 fully saturated rings. The van der Waals surface area contributed by atoms with Gasteiger partial charge in [-0.1, -0.05) is 77.9 Å². The molecule has 7 rings (SSSR count). The van der Waals surface area contributed by atoms with E-state index in [1.165, 1.54) is 34.6 Å². The second kappa shape index (κ2) is 24.3. The van der Waals surface area contributed by atoms with Crippen LogP contribution in [0.25, 0.3) is 32.3 Å². The first-order valence-electron chi connectivity index (χ1n) is 24.5. The summed E-state index contributed by atoms with van der Waals surface area (Å²) in [6, 6.07) is 13.7. The lowest BCUT2D eigenvalue weighted by Gasteiger charge is -2.35. The highest BCUT2D eigenvalue weighted by atomic mass is 32.2. The van der Waals surface area contributed by atoms with Gasteiger partial charge in [-0.05, 0) is 60.7 Å². The number of β-amino-alcohol motifs (C(OH)–C–C–N with tert-alkyl or cyclic N) is 1. The average Bonchev–Trinajstić information content (AvgIpc) is 4.13. The lowest BCUT2D eigenvalue weighted by molar-refractivity contribution is -0.144. The predicted molar refractivity (Wildman–Crippen MR) is 286 cm³/mol. The van der Waals surface area contributed by atoms with E-state index in [0.29, 0.717) is 15.6 Å². The second-order valence-corrected chi connectivity index (χ2v) is 23.8. The van der Waals surface area contributed by atoms with Crippen LogP contribution in [-0.2, 0) is 39.3 Å². The van der Waals surface area contributed by atoms with Gasteiger partial charge < -0.3 is 35.4 Å². The molecule has 3 aromatic heterocycles. The number of anilines is 2. The molecular formula is C53H62F3N9O8S3. The van der Waals surface area contributed by atoms with Crippen molar-refractivity contribution in [3.05, 3.63) is 112 Å². The largest absolute Gasteiger partial charge is 0.391 e. The van der Waals surface area contributed by atoms with Gasteiger partial charge in [-0.2, -0.15) is 0 Å². The van der Waals surface area contributed by atoms with E-state index in [2.05, 4.69) is 30.9 Å². The molecule has 76 heavy (non-hydrogen) atoms. The highest BCUT2D eigenvalue weighted by Gasteiger charge is 2.45. The van der Waals surface area contributed by atoms with E-state index in [1.54, 1.807) is 22.9 Å². The van der Waals surface area contributed by atoms with E-state index in [9.17, 15) is 36.7 Å². The maximum absolute atomic E-state index is 16.3. The quantitative estimate of drug-likeness (QED) is 0.0427. The number of carbonyl (C=O) groups is 3. The van der Waals surface area contributed by atoms with Gasteiger partial charge in [-0.15, -0.1) is 22.7 Å². The number of ether oxygens (including phenoxy) is 2. The molecule has 1 aliphatic heterocycles. The molecule has 0 bridgehead atoms. The maximum Gasteiger partial charge on any atom is 0.267 e.